The largest absolute Gasteiger partial charge is 0.383 e. The minimum atomic E-state index is -0.0181. The highest BCUT2D eigenvalue weighted by molar-refractivity contribution is 5.81. The zero-order chi connectivity index (χ0) is 14.4. The number of nitrogens with zero attached hydrogens (tertiary/aromatic N) is 3. The SMILES string of the molecule is CCc1c(N)ncnc1N(C)CC(=O)NCC(C)C. The maximum Gasteiger partial charge on any atom is 0.239 e. The average Bonchev–Trinajstić information content (AvgIpc) is 2.36. The van der Waals surface area contributed by atoms with Crippen LogP contribution in [0.25, 0.3) is 0 Å². The van der Waals surface area contributed by atoms with Crippen molar-refractivity contribution >= 4 is 17.5 Å². The number of nitrogens with one attached hydrogen (secondary N) is 1. The van der Waals surface area contributed by atoms with Gasteiger partial charge in [0.15, 0.2) is 0 Å². The molecule has 0 atom stereocenters. The third-order valence-corrected chi connectivity index (χ3v) is 2.76. The molecule has 0 aliphatic heterocycles. The summed E-state index contributed by atoms with van der Waals surface area (Å²) in [4.78, 5) is 21.8. The Bertz CT molecular complexity index is 433. The van der Waals surface area contributed by atoms with Crippen LogP contribution in [0.1, 0.15) is 26.3 Å². The van der Waals surface area contributed by atoms with Gasteiger partial charge in [-0.15, -0.1) is 0 Å². The molecular weight excluding hydrogens is 242 g/mol. The van der Waals surface area contributed by atoms with Gasteiger partial charge in [-0.05, 0) is 12.3 Å². The molecule has 106 valence electrons. The third kappa shape index (κ3) is 4.39. The van der Waals surface area contributed by atoms with Crippen molar-refractivity contribution in [2.45, 2.75) is 27.2 Å². The highest BCUT2D eigenvalue weighted by atomic mass is 16.2. The maximum atomic E-state index is 11.8. The Labute approximate surface area is 114 Å². The molecule has 6 nitrogen and oxygen atoms in total. The van der Waals surface area contributed by atoms with Gasteiger partial charge < -0.3 is 16.0 Å². The molecule has 1 aromatic heterocycles. The van der Waals surface area contributed by atoms with E-state index in [1.54, 1.807) is 4.90 Å². The van der Waals surface area contributed by atoms with Crippen molar-refractivity contribution < 1.29 is 4.79 Å². The first-order valence-electron chi connectivity index (χ1n) is 6.52. The van der Waals surface area contributed by atoms with Crippen LogP contribution in [0.5, 0.6) is 0 Å². The number of hydrogen-bond donors (Lipinski definition) is 2. The number of carbonyl (C=O) groups excluding carboxylic acids is 1. The molecule has 6 heteroatoms. The zero-order valence-corrected chi connectivity index (χ0v) is 12.1. The van der Waals surface area contributed by atoms with Crippen LogP contribution in [0.3, 0.4) is 0 Å². The van der Waals surface area contributed by atoms with Crippen LogP contribution in [0.2, 0.25) is 0 Å². The highest BCUT2D eigenvalue weighted by Crippen LogP contribution is 2.20. The molecule has 0 fully saturated rings. The molecule has 0 radical (unpaired) electrons. The summed E-state index contributed by atoms with van der Waals surface area (Å²) < 4.78 is 0. The van der Waals surface area contributed by atoms with Crippen molar-refractivity contribution in [2.75, 3.05) is 30.8 Å². The number of nitrogens with two attached hydrogens (primary N) is 1. The van der Waals surface area contributed by atoms with Gasteiger partial charge in [-0.2, -0.15) is 0 Å². The van der Waals surface area contributed by atoms with E-state index in [2.05, 4.69) is 29.1 Å². The first-order valence-corrected chi connectivity index (χ1v) is 6.52. The Kier molecular flexibility index (Phi) is 5.54. The Morgan fingerprint density at radius 1 is 1.47 bits per heavy atom. The van der Waals surface area contributed by atoms with E-state index in [1.807, 2.05) is 14.0 Å². The number of carbonyl (C=O) groups is 1. The van der Waals surface area contributed by atoms with E-state index in [-0.39, 0.29) is 12.5 Å². The van der Waals surface area contributed by atoms with Gasteiger partial charge >= 0.3 is 0 Å². The van der Waals surface area contributed by atoms with Gasteiger partial charge in [-0.3, -0.25) is 4.79 Å². The minimum Gasteiger partial charge on any atom is -0.383 e. The topological polar surface area (TPSA) is 84.1 Å². The molecule has 0 aliphatic carbocycles. The lowest BCUT2D eigenvalue weighted by atomic mass is 10.2. The van der Waals surface area contributed by atoms with Gasteiger partial charge in [-0.25, -0.2) is 9.97 Å². The number of anilines is 2. The van der Waals surface area contributed by atoms with Crippen LogP contribution in [0, 0.1) is 5.92 Å². The number of aromatic nitrogens is 2. The van der Waals surface area contributed by atoms with Gasteiger partial charge in [0.25, 0.3) is 0 Å². The van der Waals surface area contributed by atoms with E-state index in [0.29, 0.717) is 18.3 Å². The summed E-state index contributed by atoms with van der Waals surface area (Å²) >= 11 is 0. The lowest BCUT2D eigenvalue weighted by Gasteiger charge is -2.21. The van der Waals surface area contributed by atoms with E-state index in [9.17, 15) is 4.79 Å². The molecule has 0 spiro atoms. The molecule has 1 amide bonds. The summed E-state index contributed by atoms with van der Waals surface area (Å²) in [5, 5.41) is 2.88. The fourth-order valence-electron chi connectivity index (χ4n) is 1.75. The molecule has 0 aliphatic rings. The number of amides is 1. The number of rotatable bonds is 6. The van der Waals surface area contributed by atoms with E-state index in [4.69, 9.17) is 5.73 Å². The Hall–Kier alpha value is -1.85. The standard InChI is InChI=1S/C13H23N5O/c1-5-10-12(14)16-8-17-13(10)18(4)7-11(19)15-6-9(2)3/h8-9H,5-7H2,1-4H3,(H,15,19)(H2,14,16,17). The molecule has 0 saturated carbocycles. The van der Waals surface area contributed by atoms with Crippen LogP contribution in [-0.4, -0.2) is 36.0 Å². The van der Waals surface area contributed by atoms with Gasteiger partial charge in [0.2, 0.25) is 5.91 Å². The van der Waals surface area contributed by atoms with Crippen molar-refractivity contribution in [2.24, 2.45) is 5.92 Å². The summed E-state index contributed by atoms with van der Waals surface area (Å²) in [5.41, 5.74) is 6.70. The Balaban J connectivity index is 2.70. The molecule has 1 heterocycles. The molecule has 0 saturated heterocycles. The molecular formula is C13H23N5O. The monoisotopic (exact) mass is 265 g/mol. The van der Waals surface area contributed by atoms with Crippen molar-refractivity contribution in [3.05, 3.63) is 11.9 Å². The molecule has 1 rings (SSSR count). The predicted octanol–water partition coefficient (Wildman–Crippen LogP) is 0.830. The van der Waals surface area contributed by atoms with Crippen LogP contribution in [-0.2, 0) is 11.2 Å². The fraction of sp³-hybridized carbons (Fsp3) is 0.615. The summed E-state index contributed by atoms with van der Waals surface area (Å²) in [6, 6.07) is 0. The summed E-state index contributed by atoms with van der Waals surface area (Å²) in [6.45, 7) is 7.05. The van der Waals surface area contributed by atoms with Crippen LogP contribution in [0.4, 0.5) is 11.6 Å². The molecule has 0 aromatic carbocycles. The highest BCUT2D eigenvalue weighted by Gasteiger charge is 2.14. The molecule has 0 bridgehead atoms. The van der Waals surface area contributed by atoms with Gasteiger partial charge in [0.05, 0.1) is 6.54 Å². The summed E-state index contributed by atoms with van der Waals surface area (Å²) in [7, 11) is 1.83. The Morgan fingerprint density at radius 3 is 2.74 bits per heavy atom. The quantitative estimate of drug-likeness (QED) is 0.796. The second-order valence-corrected chi connectivity index (χ2v) is 4.97. The minimum absolute atomic E-state index is 0.0181. The molecule has 1 aromatic rings. The molecule has 3 N–H and O–H groups in total. The number of likely N-dealkylation sites (N-methyl/N-ethyl adjacent to an activating group) is 1. The van der Waals surface area contributed by atoms with E-state index < -0.39 is 0 Å². The first kappa shape index (κ1) is 15.2. The Morgan fingerprint density at radius 2 is 2.16 bits per heavy atom. The fourth-order valence-corrected chi connectivity index (χ4v) is 1.75. The lowest BCUT2D eigenvalue weighted by Crippen LogP contribution is -2.37. The summed E-state index contributed by atoms with van der Waals surface area (Å²) in [6.07, 6.45) is 2.16. The smallest absolute Gasteiger partial charge is 0.239 e. The number of hydrogen-bond acceptors (Lipinski definition) is 5. The van der Waals surface area contributed by atoms with Gasteiger partial charge in [0.1, 0.15) is 18.0 Å². The van der Waals surface area contributed by atoms with Crippen LogP contribution in [0.15, 0.2) is 6.33 Å². The van der Waals surface area contributed by atoms with E-state index >= 15 is 0 Å². The normalized spacial score (nSPS) is 10.6. The average molecular weight is 265 g/mol. The third-order valence-electron chi connectivity index (χ3n) is 2.76. The zero-order valence-electron chi connectivity index (χ0n) is 12.1. The van der Waals surface area contributed by atoms with E-state index in [0.717, 1.165) is 17.8 Å². The first-order chi connectivity index (χ1) is 8.95. The number of nitrogen functional groups attached to an aromatic ring is 1. The lowest BCUT2D eigenvalue weighted by molar-refractivity contribution is -0.119. The molecule has 19 heavy (non-hydrogen) atoms. The van der Waals surface area contributed by atoms with Crippen LogP contribution < -0.4 is 16.0 Å². The van der Waals surface area contributed by atoms with E-state index in [1.165, 1.54) is 6.33 Å². The van der Waals surface area contributed by atoms with Gasteiger partial charge in [0, 0.05) is 19.2 Å². The second-order valence-electron chi connectivity index (χ2n) is 4.97. The van der Waals surface area contributed by atoms with Gasteiger partial charge in [-0.1, -0.05) is 20.8 Å². The molecule has 0 unspecified atom stereocenters. The van der Waals surface area contributed by atoms with Crippen LogP contribution >= 0.6 is 0 Å². The van der Waals surface area contributed by atoms with Crippen molar-refractivity contribution in [1.29, 1.82) is 0 Å². The van der Waals surface area contributed by atoms with Crippen molar-refractivity contribution in [1.82, 2.24) is 15.3 Å². The van der Waals surface area contributed by atoms with Crippen molar-refractivity contribution in [3.63, 3.8) is 0 Å². The predicted molar refractivity (Wildman–Crippen MR) is 76.9 cm³/mol. The second kappa shape index (κ2) is 6.92. The maximum absolute atomic E-state index is 11.8. The van der Waals surface area contributed by atoms with Crippen molar-refractivity contribution in [3.8, 4) is 0 Å². The summed E-state index contributed by atoms with van der Waals surface area (Å²) in [5.74, 6) is 1.61.